The van der Waals surface area contributed by atoms with E-state index in [1.54, 1.807) is 0 Å². The number of thioether (sulfide) groups is 1. The van der Waals surface area contributed by atoms with Gasteiger partial charge in [-0.15, -0.1) is 0 Å². The predicted octanol–water partition coefficient (Wildman–Crippen LogP) is 3.18. The summed E-state index contributed by atoms with van der Waals surface area (Å²) < 4.78 is 0. The molecule has 1 aromatic rings. The van der Waals surface area contributed by atoms with Crippen LogP contribution in [0.2, 0.25) is 0 Å². The first-order chi connectivity index (χ1) is 10.4. The van der Waals surface area contributed by atoms with E-state index in [0.717, 1.165) is 11.7 Å². The van der Waals surface area contributed by atoms with Gasteiger partial charge >= 0.3 is 0 Å². The summed E-state index contributed by atoms with van der Waals surface area (Å²) in [4.78, 5) is 2.72. The van der Waals surface area contributed by atoms with Gasteiger partial charge in [-0.05, 0) is 50.1 Å². The van der Waals surface area contributed by atoms with Gasteiger partial charge in [0.15, 0.2) is 0 Å². The molecule has 2 unspecified atom stereocenters. The van der Waals surface area contributed by atoms with Crippen molar-refractivity contribution in [3.63, 3.8) is 0 Å². The van der Waals surface area contributed by atoms with Crippen molar-refractivity contribution < 1.29 is 0 Å². The van der Waals surface area contributed by atoms with Crippen LogP contribution in [-0.4, -0.2) is 48.1 Å². The van der Waals surface area contributed by atoms with E-state index in [-0.39, 0.29) is 0 Å². The van der Waals surface area contributed by atoms with Crippen LogP contribution in [0, 0.1) is 0 Å². The molecule has 0 amide bonds. The van der Waals surface area contributed by atoms with Crippen LogP contribution in [-0.2, 0) is 6.42 Å². The average molecular weight is 305 g/mol. The lowest BCUT2D eigenvalue weighted by atomic mass is 10.1. The van der Waals surface area contributed by atoms with Crippen LogP contribution in [0.1, 0.15) is 31.2 Å². The highest BCUT2D eigenvalue weighted by molar-refractivity contribution is 7.99. The maximum Gasteiger partial charge on any atom is 0.0235 e. The summed E-state index contributed by atoms with van der Waals surface area (Å²) in [5.41, 5.74) is 1.46. The zero-order chi connectivity index (χ0) is 14.3. The highest BCUT2D eigenvalue weighted by Gasteiger charge is 2.22. The molecule has 0 saturated carbocycles. The Bertz CT molecular complexity index is 403. The molecule has 0 spiro atoms. The van der Waals surface area contributed by atoms with E-state index in [2.05, 4.69) is 52.3 Å². The number of hydrogen-bond donors (Lipinski definition) is 1. The lowest BCUT2D eigenvalue weighted by Gasteiger charge is -2.30. The zero-order valence-corrected chi connectivity index (χ0v) is 13.8. The molecule has 21 heavy (non-hydrogen) atoms. The van der Waals surface area contributed by atoms with Crippen molar-refractivity contribution >= 4 is 11.8 Å². The van der Waals surface area contributed by atoms with Gasteiger partial charge in [-0.3, -0.25) is 0 Å². The van der Waals surface area contributed by atoms with E-state index in [0.29, 0.717) is 6.04 Å². The van der Waals surface area contributed by atoms with Crippen LogP contribution in [0.5, 0.6) is 0 Å². The number of nitrogens with zero attached hydrogens (tertiary/aromatic N) is 1. The fraction of sp³-hybridized carbons (Fsp3) is 0.667. The van der Waals surface area contributed by atoms with Gasteiger partial charge in [-0.1, -0.05) is 36.8 Å². The number of rotatable bonds is 4. The molecule has 0 aliphatic carbocycles. The molecule has 3 heteroatoms. The van der Waals surface area contributed by atoms with Gasteiger partial charge in [0.2, 0.25) is 0 Å². The minimum Gasteiger partial charge on any atom is -0.312 e. The summed E-state index contributed by atoms with van der Waals surface area (Å²) in [7, 11) is 0. The summed E-state index contributed by atoms with van der Waals surface area (Å²) >= 11 is 2.21. The van der Waals surface area contributed by atoms with Gasteiger partial charge < -0.3 is 10.2 Å². The van der Waals surface area contributed by atoms with E-state index in [4.69, 9.17) is 0 Å². The standard InChI is InChI=1S/C18H28N2S/c1-2-7-16(8-3-1)13-17-14-20(11-6-10-19-17)15-18-9-4-5-12-21-18/h1-3,7-8,17-19H,4-6,9-15H2. The van der Waals surface area contributed by atoms with Crippen LogP contribution in [0.4, 0.5) is 0 Å². The van der Waals surface area contributed by atoms with E-state index in [9.17, 15) is 0 Å². The van der Waals surface area contributed by atoms with Crippen LogP contribution in [0.15, 0.2) is 30.3 Å². The molecular weight excluding hydrogens is 276 g/mol. The van der Waals surface area contributed by atoms with Crippen molar-refractivity contribution in [1.82, 2.24) is 10.2 Å². The summed E-state index contributed by atoms with van der Waals surface area (Å²) in [6.45, 7) is 4.96. The zero-order valence-electron chi connectivity index (χ0n) is 13.0. The fourth-order valence-electron chi connectivity index (χ4n) is 3.52. The summed E-state index contributed by atoms with van der Waals surface area (Å²) in [5.74, 6) is 1.38. The van der Waals surface area contributed by atoms with Gasteiger partial charge in [-0.25, -0.2) is 0 Å². The maximum absolute atomic E-state index is 3.75. The van der Waals surface area contributed by atoms with Gasteiger partial charge in [0, 0.05) is 24.4 Å². The molecule has 2 nitrogen and oxygen atoms in total. The Labute approximate surface area is 133 Å². The second-order valence-corrected chi connectivity index (χ2v) is 7.85. The molecular formula is C18H28N2S. The fourth-order valence-corrected chi connectivity index (χ4v) is 4.87. The van der Waals surface area contributed by atoms with E-state index in [1.165, 1.54) is 63.2 Å². The second-order valence-electron chi connectivity index (χ2n) is 6.44. The number of nitrogens with one attached hydrogen (secondary N) is 1. The van der Waals surface area contributed by atoms with Crippen LogP contribution in [0.3, 0.4) is 0 Å². The lowest BCUT2D eigenvalue weighted by Crippen LogP contribution is -2.41. The van der Waals surface area contributed by atoms with Crippen LogP contribution >= 0.6 is 11.8 Å². The third-order valence-electron chi connectivity index (χ3n) is 4.62. The summed E-state index contributed by atoms with van der Waals surface area (Å²) in [6.07, 6.45) is 6.76. The van der Waals surface area contributed by atoms with E-state index >= 15 is 0 Å². The highest BCUT2D eigenvalue weighted by atomic mass is 32.2. The van der Waals surface area contributed by atoms with Gasteiger partial charge in [-0.2, -0.15) is 11.8 Å². The summed E-state index contributed by atoms with van der Waals surface area (Å²) in [6, 6.07) is 11.5. The van der Waals surface area contributed by atoms with Crippen LogP contribution in [0.25, 0.3) is 0 Å². The smallest absolute Gasteiger partial charge is 0.0235 e. The van der Waals surface area contributed by atoms with E-state index < -0.39 is 0 Å². The Hall–Kier alpha value is -0.510. The first-order valence-corrected chi connectivity index (χ1v) is 9.56. The lowest BCUT2D eigenvalue weighted by molar-refractivity contribution is 0.263. The number of benzene rings is 1. The molecule has 2 saturated heterocycles. The largest absolute Gasteiger partial charge is 0.312 e. The van der Waals surface area contributed by atoms with Crippen molar-refractivity contribution in [2.24, 2.45) is 0 Å². The minimum atomic E-state index is 0.614. The molecule has 0 bridgehead atoms. The maximum atomic E-state index is 3.75. The van der Waals surface area contributed by atoms with Crippen molar-refractivity contribution in [1.29, 1.82) is 0 Å². The average Bonchev–Trinajstić information content (AvgIpc) is 2.74. The van der Waals surface area contributed by atoms with Crippen molar-refractivity contribution in [2.75, 3.05) is 31.9 Å². The molecule has 0 radical (unpaired) electrons. The van der Waals surface area contributed by atoms with Crippen LogP contribution < -0.4 is 5.32 Å². The minimum absolute atomic E-state index is 0.614. The van der Waals surface area contributed by atoms with Gasteiger partial charge in [0.05, 0.1) is 0 Å². The SMILES string of the molecule is c1ccc(CC2CN(CC3CCCCS3)CCCN2)cc1. The number of hydrogen-bond acceptors (Lipinski definition) is 3. The highest BCUT2D eigenvalue weighted by Crippen LogP contribution is 2.26. The van der Waals surface area contributed by atoms with Crippen molar-refractivity contribution in [3.05, 3.63) is 35.9 Å². The van der Waals surface area contributed by atoms with Gasteiger partial charge in [0.25, 0.3) is 0 Å². The molecule has 2 heterocycles. The molecule has 2 fully saturated rings. The molecule has 1 aromatic carbocycles. The Kier molecular flexibility index (Phi) is 6.02. The summed E-state index contributed by atoms with van der Waals surface area (Å²) in [5, 5.41) is 4.63. The van der Waals surface area contributed by atoms with Crippen molar-refractivity contribution in [3.8, 4) is 0 Å². The van der Waals surface area contributed by atoms with Gasteiger partial charge in [0.1, 0.15) is 0 Å². The monoisotopic (exact) mass is 304 g/mol. The van der Waals surface area contributed by atoms with Crippen molar-refractivity contribution in [2.45, 2.75) is 43.4 Å². The predicted molar refractivity (Wildman–Crippen MR) is 93.1 cm³/mol. The first kappa shape index (κ1) is 15.4. The second kappa shape index (κ2) is 8.21. The molecule has 1 N–H and O–H groups in total. The Morgan fingerprint density at radius 1 is 1.14 bits per heavy atom. The molecule has 0 aromatic heterocycles. The third-order valence-corrected chi connectivity index (χ3v) is 6.00. The Morgan fingerprint density at radius 2 is 2.05 bits per heavy atom. The molecule has 2 aliphatic rings. The molecule has 2 atom stereocenters. The molecule has 116 valence electrons. The third kappa shape index (κ3) is 5.01. The Balaban J connectivity index is 1.53. The normalized spacial score (nSPS) is 28.2. The van der Waals surface area contributed by atoms with E-state index in [1.807, 2.05) is 0 Å². The quantitative estimate of drug-likeness (QED) is 0.920. The first-order valence-electron chi connectivity index (χ1n) is 8.51. The topological polar surface area (TPSA) is 15.3 Å². The molecule has 2 aliphatic heterocycles. The molecule has 3 rings (SSSR count). The Morgan fingerprint density at radius 3 is 2.86 bits per heavy atom.